The highest BCUT2D eigenvalue weighted by molar-refractivity contribution is 5.93. The number of hydrogen-bond acceptors (Lipinski definition) is 8. The molecule has 0 saturated carbocycles. The number of carboxylic acid groups (broad SMARTS) is 1. The lowest BCUT2D eigenvalue weighted by molar-refractivity contribution is -0.140. The van der Waals surface area contributed by atoms with E-state index in [0.717, 1.165) is 19.3 Å². The van der Waals surface area contributed by atoms with Gasteiger partial charge in [0.2, 0.25) is 23.6 Å². The first-order valence-electron chi connectivity index (χ1n) is 12.1. The predicted octanol–water partition coefficient (Wildman–Crippen LogP) is -0.535. The number of carboxylic acids is 1. The molecule has 0 aromatic rings. The van der Waals surface area contributed by atoms with Crippen LogP contribution in [0.25, 0.3) is 10.4 Å². The van der Waals surface area contributed by atoms with Crippen molar-refractivity contribution in [2.75, 3.05) is 40.3 Å². The van der Waals surface area contributed by atoms with Gasteiger partial charge in [0.15, 0.2) is 0 Å². The third-order valence-electron chi connectivity index (χ3n) is 5.03. The molecule has 5 N–H and O–H groups in total. The number of hydrogen-bond donors (Lipinski definition) is 5. The highest BCUT2D eigenvalue weighted by Crippen LogP contribution is 2.03. The van der Waals surface area contributed by atoms with Crippen LogP contribution in [0.1, 0.15) is 51.4 Å². The number of unbranched alkanes of at least 4 members (excludes halogenated alkanes) is 4. The zero-order valence-corrected chi connectivity index (χ0v) is 21.4. The second kappa shape index (κ2) is 20.5. The van der Waals surface area contributed by atoms with Crippen LogP contribution < -0.4 is 21.3 Å². The Morgan fingerprint density at radius 3 is 2.24 bits per heavy atom. The molecule has 0 fully saturated rings. The molecule has 15 nitrogen and oxygen atoms in total. The average molecular weight is 527 g/mol. The molecule has 0 heterocycles. The van der Waals surface area contributed by atoms with Crippen LogP contribution in [-0.2, 0) is 28.8 Å². The number of aliphatic carboxylic acids is 1. The number of carbonyl (C=O) groups excluding carboxylic acids is 5. The maximum Gasteiger partial charge on any atom is 0.305 e. The van der Waals surface area contributed by atoms with E-state index in [1.54, 1.807) is 0 Å². The molecule has 4 amide bonds. The van der Waals surface area contributed by atoms with Gasteiger partial charge in [-0.2, -0.15) is 0 Å². The van der Waals surface area contributed by atoms with Crippen LogP contribution in [0.5, 0.6) is 0 Å². The Kier molecular flexibility index (Phi) is 18.4. The Hall–Kier alpha value is -3.71. The van der Waals surface area contributed by atoms with Crippen LogP contribution >= 0.6 is 0 Å². The van der Waals surface area contributed by atoms with Gasteiger partial charge in [-0.1, -0.05) is 11.5 Å². The lowest BCUT2D eigenvalue weighted by atomic mass is 10.1. The monoisotopic (exact) mass is 526 g/mol. The maximum absolute atomic E-state index is 12.6. The Bertz CT molecular complexity index is 815. The van der Waals surface area contributed by atoms with Crippen LogP contribution in [-0.4, -0.2) is 98.2 Å². The predicted molar refractivity (Wildman–Crippen MR) is 133 cm³/mol. The van der Waals surface area contributed by atoms with Crippen LogP contribution in [0.2, 0.25) is 0 Å². The molecule has 0 radical (unpaired) electrons. The van der Waals surface area contributed by atoms with Gasteiger partial charge in [0.1, 0.15) is 24.9 Å². The molecule has 0 aliphatic rings. The molecule has 37 heavy (non-hydrogen) atoms. The molecule has 0 aliphatic heterocycles. The highest BCUT2D eigenvalue weighted by atomic mass is 16.4. The number of nitrogens with one attached hydrogen (secondary N) is 4. The lowest BCUT2D eigenvalue weighted by Gasteiger charge is -2.20. The van der Waals surface area contributed by atoms with E-state index in [9.17, 15) is 28.8 Å². The number of aldehydes is 1. The number of rotatable bonds is 21. The van der Waals surface area contributed by atoms with Crippen molar-refractivity contribution in [2.45, 2.75) is 63.5 Å². The van der Waals surface area contributed by atoms with Crippen molar-refractivity contribution >= 4 is 35.9 Å². The van der Waals surface area contributed by atoms with Crippen LogP contribution in [0.15, 0.2) is 5.11 Å². The molecule has 0 saturated heterocycles. The summed E-state index contributed by atoms with van der Waals surface area (Å²) >= 11 is 0. The van der Waals surface area contributed by atoms with E-state index in [0.29, 0.717) is 32.1 Å². The minimum Gasteiger partial charge on any atom is -0.481 e. The fourth-order valence-corrected chi connectivity index (χ4v) is 3.17. The molecule has 2 atom stereocenters. The Balaban J connectivity index is 4.88. The summed E-state index contributed by atoms with van der Waals surface area (Å²) in [6.07, 6.45) is 4.18. The van der Waals surface area contributed by atoms with Gasteiger partial charge in [-0.25, -0.2) is 0 Å². The number of azide groups is 1. The maximum atomic E-state index is 12.6. The zero-order valence-electron chi connectivity index (χ0n) is 21.4. The summed E-state index contributed by atoms with van der Waals surface area (Å²) in [5.41, 5.74) is 8.36. The van der Waals surface area contributed by atoms with E-state index in [-0.39, 0.29) is 13.0 Å². The number of amides is 4. The van der Waals surface area contributed by atoms with E-state index in [2.05, 4.69) is 31.3 Å². The summed E-state index contributed by atoms with van der Waals surface area (Å²) in [6.45, 7) is -0.00344. The summed E-state index contributed by atoms with van der Waals surface area (Å²) in [5, 5.41) is 21.9. The van der Waals surface area contributed by atoms with Gasteiger partial charge in [-0.3, -0.25) is 24.0 Å². The number of carbonyl (C=O) groups is 6. The van der Waals surface area contributed by atoms with Crippen LogP contribution in [0, 0.1) is 0 Å². The molecule has 0 rings (SSSR count). The summed E-state index contributed by atoms with van der Waals surface area (Å²) in [7, 11) is 3.80. The van der Waals surface area contributed by atoms with Crippen LogP contribution in [0.4, 0.5) is 0 Å². The normalized spacial score (nSPS) is 12.0. The summed E-state index contributed by atoms with van der Waals surface area (Å²) in [6, 6.07) is -2.32. The summed E-state index contributed by atoms with van der Waals surface area (Å²) < 4.78 is 0. The van der Waals surface area contributed by atoms with Gasteiger partial charge in [-0.15, -0.1) is 0 Å². The van der Waals surface area contributed by atoms with E-state index < -0.39 is 61.2 Å². The Morgan fingerprint density at radius 2 is 1.62 bits per heavy atom. The molecule has 0 aromatic carbocycles. The molecule has 0 aliphatic carbocycles. The van der Waals surface area contributed by atoms with Gasteiger partial charge in [0.25, 0.3) is 0 Å². The largest absolute Gasteiger partial charge is 0.481 e. The fourth-order valence-electron chi connectivity index (χ4n) is 3.17. The van der Waals surface area contributed by atoms with Crippen molar-refractivity contribution in [3.8, 4) is 0 Å². The fraction of sp³-hybridized carbons (Fsp3) is 0.727. The standard InChI is InChI=1S/C22H38N8O7/c1-30(2)11-7-5-9-16(27-19(33)15-26-29-23)21(36)25-14-18(32)28-17(13-20(34)35)22(37)24-10-6-3-4-8-12-31/h12,16-17H,3-11,13-15H2,1-2H3,(H,24,37)(H,25,36)(H,27,33)(H,28,32)(H,34,35)/t16-,17-/m0/s1. The van der Waals surface area contributed by atoms with Gasteiger partial charge < -0.3 is 36.1 Å². The quantitative estimate of drug-likeness (QED) is 0.0428. The molecule has 208 valence electrons. The minimum atomic E-state index is -1.35. The van der Waals surface area contributed by atoms with Gasteiger partial charge >= 0.3 is 5.97 Å². The third-order valence-corrected chi connectivity index (χ3v) is 5.03. The molecular formula is C22H38N8O7. The molecule has 0 bridgehead atoms. The minimum absolute atomic E-state index is 0.255. The first-order valence-corrected chi connectivity index (χ1v) is 12.1. The zero-order chi connectivity index (χ0) is 28.1. The first kappa shape index (κ1) is 33.3. The Labute approximate surface area is 215 Å². The topological polar surface area (TPSA) is 223 Å². The van der Waals surface area contributed by atoms with Gasteiger partial charge in [0, 0.05) is 17.9 Å². The van der Waals surface area contributed by atoms with Crippen molar-refractivity contribution in [2.24, 2.45) is 5.11 Å². The summed E-state index contributed by atoms with van der Waals surface area (Å²) in [4.78, 5) is 75.1. The molecule has 0 aromatic heterocycles. The smallest absolute Gasteiger partial charge is 0.305 e. The van der Waals surface area contributed by atoms with E-state index in [4.69, 9.17) is 10.6 Å². The van der Waals surface area contributed by atoms with Crippen LogP contribution in [0.3, 0.4) is 0 Å². The molecule has 0 unspecified atom stereocenters. The van der Waals surface area contributed by atoms with Crippen molar-refractivity contribution in [3.63, 3.8) is 0 Å². The van der Waals surface area contributed by atoms with Crippen molar-refractivity contribution in [1.82, 2.24) is 26.2 Å². The van der Waals surface area contributed by atoms with E-state index in [1.165, 1.54) is 0 Å². The average Bonchev–Trinajstić information content (AvgIpc) is 2.84. The van der Waals surface area contributed by atoms with Gasteiger partial charge in [-0.05, 0) is 58.3 Å². The van der Waals surface area contributed by atoms with Crippen molar-refractivity contribution in [1.29, 1.82) is 0 Å². The Morgan fingerprint density at radius 1 is 0.946 bits per heavy atom. The summed E-state index contributed by atoms with van der Waals surface area (Å²) in [5.74, 6) is -4.06. The molecule has 15 heteroatoms. The second-order valence-electron chi connectivity index (χ2n) is 8.55. The van der Waals surface area contributed by atoms with Crippen molar-refractivity contribution in [3.05, 3.63) is 10.4 Å². The molecular weight excluding hydrogens is 488 g/mol. The second-order valence-corrected chi connectivity index (χ2v) is 8.55. The van der Waals surface area contributed by atoms with Gasteiger partial charge in [0.05, 0.1) is 13.0 Å². The first-order chi connectivity index (χ1) is 17.6. The number of nitrogens with zero attached hydrogens (tertiary/aromatic N) is 4. The molecule has 0 spiro atoms. The lowest BCUT2D eigenvalue weighted by Crippen LogP contribution is -2.53. The third kappa shape index (κ3) is 18.3. The van der Waals surface area contributed by atoms with E-state index in [1.807, 2.05) is 19.0 Å². The highest BCUT2D eigenvalue weighted by Gasteiger charge is 2.25. The SMILES string of the molecule is CN(C)CCCC[C@H](NC(=O)CN=[N+]=[N-])C(=O)NCC(=O)N[C@@H](CC(=O)O)C(=O)NCCCCCC=O. The van der Waals surface area contributed by atoms with Crippen molar-refractivity contribution < 1.29 is 33.9 Å². The van der Waals surface area contributed by atoms with E-state index >= 15 is 0 Å².